The van der Waals surface area contributed by atoms with Crippen LogP contribution in [0.25, 0.3) is 0 Å². The van der Waals surface area contributed by atoms with Gasteiger partial charge >= 0.3 is 5.97 Å². The number of unbranched alkanes of at least 4 members (excludes halogenated alkanes) is 36. The molecule has 0 N–H and O–H groups in total. The van der Waals surface area contributed by atoms with Gasteiger partial charge in [-0.3, -0.25) is 9.59 Å². The highest BCUT2D eigenvalue weighted by Gasteiger charge is 2.23. The van der Waals surface area contributed by atoms with Crippen LogP contribution in [0.2, 0.25) is 0 Å². The zero-order valence-corrected chi connectivity index (χ0v) is 51.2. The Morgan fingerprint density at radius 2 is 0.838 bits per heavy atom. The molecule has 0 aromatic heterocycles. The fraction of sp³-hybridized carbons (Fsp3) is 0.913. The summed E-state index contributed by atoms with van der Waals surface area (Å²) in [7, 11) is 0. The summed E-state index contributed by atoms with van der Waals surface area (Å²) >= 11 is 0. The van der Waals surface area contributed by atoms with Crippen molar-refractivity contribution >= 4 is 11.9 Å². The molecular weight excluding hydrogens is 905 g/mol. The van der Waals surface area contributed by atoms with Crippen LogP contribution in [0.4, 0.5) is 0 Å². The van der Waals surface area contributed by atoms with E-state index in [1.807, 2.05) is 0 Å². The molecule has 0 bridgehead atoms. The summed E-state index contributed by atoms with van der Waals surface area (Å²) in [5.41, 5.74) is 3.17. The molecule has 1 aliphatic rings. The predicted molar refractivity (Wildman–Crippen MR) is 327 cm³/mol. The number of hydrogen-bond acceptors (Lipinski definition) is 4. The van der Waals surface area contributed by atoms with Gasteiger partial charge in [-0.15, -0.1) is 0 Å². The Kier molecular flexibility index (Phi) is 53.4. The number of amides is 1. The van der Waals surface area contributed by atoms with Gasteiger partial charge in [0, 0.05) is 32.5 Å². The highest BCUT2D eigenvalue weighted by Crippen LogP contribution is 2.27. The monoisotopic (exact) mass is 1040 g/mol. The topological polar surface area (TPSA) is 49.9 Å². The zero-order valence-electron chi connectivity index (χ0n) is 51.2. The first-order valence-electron chi connectivity index (χ1n) is 34.0. The molecule has 1 unspecified atom stereocenters. The lowest BCUT2D eigenvalue weighted by atomic mass is 9.89. The number of rotatable bonds is 57. The third kappa shape index (κ3) is 46.5. The Labute approximate surface area is 464 Å². The average molecular weight is 1040 g/mol. The van der Waals surface area contributed by atoms with Crippen LogP contribution in [-0.4, -0.2) is 61.0 Å². The Bertz CT molecular complexity index is 1240. The van der Waals surface area contributed by atoms with Gasteiger partial charge < -0.3 is 14.5 Å². The molecule has 1 heterocycles. The molecule has 0 saturated carbocycles. The van der Waals surface area contributed by atoms with Crippen molar-refractivity contribution in [2.45, 2.75) is 362 Å². The van der Waals surface area contributed by atoms with E-state index in [0.717, 1.165) is 71.0 Å². The van der Waals surface area contributed by atoms with E-state index in [0.29, 0.717) is 31.3 Å². The fourth-order valence-corrected chi connectivity index (χ4v) is 11.5. The van der Waals surface area contributed by atoms with Gasteiger partial charge in [0.15, 0.2) is 0 Å². The first-order chi connectivity index (χ1) is 36.5. The molecule has 0 aromatic carbocycles. The van der Waals surface area contributed by atoms with Crippen LogP contribution < -0.4 is 0 Å². The third-order valence-corrected chi connectivity index (χ3v) is 16.7. The fourth-order valence-electron chi connectivity index (χ4n) is 11.5. The molecule has 1 rings (SSSR count). The number of carbonyl (C=O) groups excluding carboxylic acids is 2. The van der Waals surface area contributed by atoms with E-state index in [4.69, 9.17) is 4.74 Å². The van der Waals surface area contributed by atoms with Crippen molar-refractivity contribution in [3.8, 4) is 0 Å². The minimum absolute atomic E-state index is 0.00526. The minimum atomic E-state index is -0.00526. The molecule has 0 spiro atoms. The Balaban J connectivity index is 2.85. The van der Waals surface area contributed by atoms with Crippen LogP contribution in [0.5, 0.6) is 0 Å². The first kappa shape index (κ1) is 70.4. The van der Waals surface area contributed by atoms with Crippen LogP contribution in [0.15, 0.2) is 23.3 Å². The summed E-state index contributed by atoms with van der Waals surface area (Å²) in [6, 6.07) is 0. The zero-order chi connectivity index (χ0) is 53.5. The SMILES string of the molecule is CCCCCCCCCCCCCC/C=C(\CCCCOC(=O)CCCCCCCC)CCC1CCCN(C(=O)C/C=C(\CCCCCCCCC)CCN(CCCCCCCCC)CCCCCCCCC)C1. The van der Waals surface area contributed by atoms with Gasteiger partial charge in [0.2, 0.25) is 5.91 Å². The lowest BCUT2D eigenvalue weighted by Gasteiger charge is -2.33. The molecule has 1 saturated heterocycles. The Morgan fingerprint density at radius 3 is 1.32 bits per heavy atom. The molecular formula is C69H132N2O3. The highest BCUT2D eigenvalue weighted by molar-refractivity contribution is 5.78. The second-order valence-corrected chi connectivity index (χ2v) is 23.9. The van der Waals surface area contributed by atoms with Crippen molar-refractivity contribution < 1.29 is 14.3 Å². The molecule has 1 amide bonds. The van der Waals surface area contributed by atoms with Gasteiger partial charge in [0.25, 0.3) is 0 Å². The van der Waals surface area contributed by atoms with Crippen molar-refractivity contribution in [1.82, 2.24) is 9.80 Å². The molecule has 0 radical (unpaired) electrons. The quantitative estimate of drug-likeness (QED) is 0.0346. The van der Waals surface area contributed by atoms with Crippen LogP contribution in [0, 0.1) is 5.92 Å². The number of piperidine rings is 1. The third-order valence-electron chi connectivity index (χ3n) is 16.7. The van der Waals surface area contributed by atoms with E-state index in [2.05, 4.69) is 56.6 Å². The Hall–Kier alpha value is -1.62. The summed E-state index contributed by atoms with van der Waals surface area (Å²) < 4.78 is 5.68. The molecule has 436 valence electrons. The number of ether oxygens (including phenoxy) is 1. The first-order valence-corrected chi connectivity index (χ1v) is 34.0. The molecule has 1 aliphatic heterocycles. The largest absolute Gasteiger partial charge is 0.466 e. The molecule has 0 aliphatic carbocycles. The van der Waals surface area contributed by atoms with Crippen molar-refractivity contribution in [2.24, 2.45) is 5.92 Å². The number of carbonyl (C=O) groups is 2. The van der Waals surface area contributed by atoms with Crippen LogP contribution in [-0.2, 0) is 14.3 Å². The number of likely N-dealkylation sites (tertiary alicyclic amines) is 1. The van der Waals surface area contributed by atoms with E-state index < -0.39 is 0 Å². The molecule has 1 fully saturated rings. The van der Waals surface area contributed by atoms with Crippen LogP contribution in [0.1, 0.15) is 362 Å². The number of allylic oxidation sites excluding steroid dienone is 2. The van der Waals surface area contributed by atoms with Crippen molar-refractivity contribution in [3.05, 3.63) is 23.3 Å². The summed E-state index contributed by atoms with van der Waals surface area (Å²) in [6.45, 7) is 17.6. The summed E-state index contributed by atoms with van der Waals surface area (Å²) in [6.07, 6.45) is 70.1. The molecule has 5 heteroatoms. The van der Waals surface area contributed by atoms with Crippen molar-refractivity contribution in [2.75, 3.05) is 39.3 Å². The van der Waals surface area contributed by atoms with E-state index in [-0.39, 0.29) is 5.97 Å². The van der Waals surface area contributed by atoms with Gasteiger partial charge in [0.1, 0.15) is 0 Å². The molecule has 5 nitrogen and oxygen atoms in total. The molecule has 0 aromatic rings. The van der Waals surface area contributed by atoms with Gasteiger partial charge in [0.05, 0.1) is 6.61 Å². The van der Waals surface area contributed by atoms with Crippen LogP contribution in [0.3, 0.4) is 0 Å². The molecule has 74 heavy (non-hydrogen) atoms. The second-order valence-electron chi connectivity index (χ2n) is 23.9. The van der Waals surface area contributed by atoms with Crippen molar-refractivity contribution in [3.63, 3.8) is 0 Å². The smallest absolute Gasteiger partial charge is 0.305 e. The lowest BCUT2D eigenvalue weighted by Crippen LogP contribution is -2.39. The average Bonchev–Trinajstić information content (AvgIpc) is 3.41. The normalized spacial score (nSPS) is 14.5. The van der Waals surface area contributed by atoms with E-state index in [9.17, 15) is 9.59 Å². The number of esters is 1. The van der Waals surface area contributed by atoms with Gasteiger partial charge in [-0.05, 0) is 115 Å². The summed E-state index contributed by atoms with van der Waals surface area (Å²) in [5, 5.41) is 0. The standard InChI is InChI=1S/C69H132N2O3/c1-6-11-16-21-26-27-28-29-30-31-33-37-41-49-65(51-44-47-63-74-69(73)53-43-38-25-20-15-10-5)54-55-67-52-48-61-71(64-67)68(72)57-56-66(50-42-36-32-22-17-12-7-2)58-62-70(59-45-39-34-23-18-13-8-3)60-46-40-35-24-19-14-9-4/h49,56,67H,6-48,50-55,57-64H2,1-5H3/b65-49+,66-56+. The Morgan fingerprint density at radius 1 is 0.432 bits per heavy atom. The maximum Gasteiger partial charge on any atom is 0.305 e. The highest BCUT2D eigenvalue weighted by atomic mass is 16.5. The lowest BCUT2D eigenvalue weighted by molar-refractivity contribution is -0.143. The van der Waals surface area contributed by atoms with E-state index >= 15 is 0 Å². The number of hydrogen-bond donors (Lipinski definition) is 0. The number of nitrogens with zero attached hydrogens (tertiary/aromatic N) is 2. The molecule has 1 atom stereocenters. The van der Waals surface area contributed by atoms with Gasteiger partial charge in [-0.2, -0.15) is 0 Å². The van der Waals surface area contributed by atoms with E-state index in [1.165, 1.54) is 276 Å². The summed E-state index contributed by atoms with van der Waals surface area (Å²) in [4.78, 5) is 31.6. The summed E-state index contributed by atoms with van der Waals surface area (Å²) in [5.74, 6) is 0.951. The second kappa shape index (κ2) is 56.1. The maximum absolute atomic E-state index is 14.1. The minimum Gasteiger partial charge on any atom is -0.466 e. The predicted octanol–water partition coefficient (Wildman–Crippen LogP) is 22.1. The van der Waals surface area contributed by atoms with Gasteiger partial charge in [-0.25, -0.2) is 0 Å². The maximum atomic E-state index is 14.1. The van der Waals surface area contributed by atoms with E-state index in [1.54, 1.807) is 11.1 Å². The van der Waals surface area contributed by atoms with Crippen molar-refractivity contribution in [1.29, 1.82) is 0 Å². The van der Waals surface area contributed by atoms with Gasteiger partial charge in [-0.1, -0.05) is 276 Å². The van der Waals surface area contributed by atoms with Crippen LogP contribution >= 0.6 is 0 Å².